The second-order valence-electron chi connectivity index (χ2n) is 5.03. The second-order valence-corrected chi connectivity index (χ2v) is 7.30. The molecule has 0 aliphatic carbocycles. The maximum absolute atomic E-state index is 12.1. The zero-order valence-corrected chi connectivity index (χ0v) is 15.3. The summed E-state index contributed by atoms with van der Waals surface area (Å²) in [5.74, 6) is 1.20. The zero-order chi connectivity index (χ0) is 16.9. The van der Waals surface area contributed by atoms with Gasteiger partial charge in [0.25, 0.3) is 5.91 Å². The van der Waals surface area contributed by atoms with Gasteiger partial charge in [-0.2, -0.15) is 5.10 Å². The molecule has 2 aromatic carbocycles. The Labute approximate surface area is 152 Å². The van der Waals surface area contributed by atoms with E-state index in [1.807, 2.05) is 49.4 Å². The number of amides is 1. The molecule has 7 heteroatoms. The van der Waals surface area contributed by atoms with Crippen LogP contribution in [0.2, 0.25) is 0 Å². The average Bonchev–Trinajstić information content (AvgIpc) is 3.02. The van der Waals surface area contributed by atoms with Crippen molar-refractivity contribution in [3.63, 3.8) is 0 Å². The average molecular weight is 407 g/mol. The summed E-state index contributed by atoms with van der Waals surface area (Å²) >= 11 is 4.93. The maximum atomic E-state index is 12.1. The van der Waals surface area contributed by atoms with Crippen LogP contribution in [0.1, 0.15) is 12.5 Å². The van der Waals surface area contributed by atoms with Crippen molar-refractivity contribution in [2.24, 2.45) is 5.10 Å². The van der Waals surface area contributed by atoms with E-state index in [9.17, 15) is 4.79 Å². The quantitative estimate of drug-likeness (QED) is 0.465. The molecule has 124 valence electrons. The van der Waals surface area contributed by atoms with Crippen LogP contribution in [0, 0.1) is 0 Å². The Morgan fingerprint density at radius 2 is 2.00 bits per heavy atom. The lowest BCUT2D eigenvalue weighted by atomic mass is 10.2. The van der Waals surface area contributed by atoms with Crippen molar-refractivity contribution in [3.05, 3.63) is 52.5 Å². The highest BCUT2D eigenvalue weighted by Gasteiger charge is 2.16. The first kappa shape index (κ1) is 16.9. The van der Waals surface area contributed by atoms with E-state index in [0.717, 1.165) is 14.9 Å². The van der Waals surface area contributed by atoms with E-state index in [-0.39, 0.29) is 18.0 Å². The molecule has 5 nitrogen and oxygen atoms in total. The molecule has 1 N–H and O–H groups in total. The lowest BCUT2D eigenvalue weighted by Crippen LogP contribution is -2.26. The summed E-state index contributed by atoms with van der Waals surface area (Å²) in [5, 5.41) is 3.78. The summed E-state index contributed by atoms with van der Waals surface area (Å²) in [6.45, 7) is 2.06. The first-order valence-electron chi connectivity index (χ1n) is 7.27. The Morgan fingerprint density at radius 3 is 2.75 bits per heavy atom. The van der Waals surface area contributed by atoms with Gasteiger partial charge in [0, 0.05) is 14.9 Å². The molecule has 0 saturated heterocycles. The van der Waals surface area contributed by atoms with Gasteiger partial charge in [0.1, 0.15) is 0 Å². The highest BCUT2D eigenvalue weighted by Crippen LogP contribution is 2.36. The fourth-order valence-corrected chi connectivity index (χ4v) is 3.35. The van der Waals surface area contributed by atoms with Crippen LogP contribution in [0.15, 0.2) is 56.9 Å². The minimum absolute atomic E-state index is 0.156. The number of nitrogens with one attached hydrogen (secondary N) is 1. The SMILES string of the molecule is CC(Sc1ccccc1)C(=O)N/N=C/c1cc2c(cc1Br)OCO2. The van der Waals surface area contributed by atoms with Gasteiger partial charge in [0.2, 0.25) is 6.79 Å². The third-order valence-electron chi connectivity index (χ3n) is 3.30. The summed E-state index contributed by atoms with van der Waals surface area (Å²) in [5.41, 5.74) is 3.36. The molecule has 0 spiro atoms. The van der Waals surface area contributed by atoms with Gasteiger partial charge in [0.15, 0.2) is 11.5 Å². The van der Waals surface area contributed by atoms with Crippen molar-refractivity contribution >= 4 is 39.8 Å². The molecule has 1 heterocycles. The lowest BCUT2D eigenvalue weighted by molar-refractivity contribution is -0.120. The van der Waals surface area contributed by atoms with Crippen molar-refractivity contribution in [2.45, 2.75) is 17.1 Å². The fraction of sp³-hybridized carbons (Fsp3) is 0.176. The van der Waals surface area contributed by atoms with Crippen molar-refractivity contribution in [2.75, 3.05) is 6.79 Å². The molecule has 1 aliphatic heterocycles. The van der Waals surface area contributed by atoms with Crippen LogP contribution < -0.4 is 14.9 Å². The molecule has 0 radical (unpaired) electrons. The Hall–Kier alpha value is -1.99. The summed E-state index contributed by atoms with van der Waals surface area (Å²) in [7, 11) is 0. The van der Waals surface area contributed by atoms with E-state index in [0.29, 0.717) is 11.5 Å². The number of fused-ring (bicyclic) bond motifs is 1. The molecule has 1 unspecified atom stereocenters. The Kier molecular flexibility index (Phi) is 5.42. The number of carbonyl (C=O) groups excluding carboxylic acids is 1. The minimum atomic E-state index is -0.246. The monoisotopic (exact) mass is 406 g/mol. The number of carbonyl (C=O) groups is 1. The fourth-order valence-electron chi connectivity index (χ4n) is 2.04. The van der Waals surface area contributed by atoms with Gasteiger partial charge in [-0.05, 0) is 47.1 Å². The number of hydrogen-bond acceptors (Lipinski definition) is 5. The number of benzene rings is 2. The topological polar surface area (TPSA) is 59.9 Å². The Balaban J connectivity index is 1.59. The molecular formula is C17H15BrN2O3S. The van der Waals surface area contributed by atoms with E-state index in [4.69, 9.17) is 9.47 Å². The standard InChI is InChI=1S/C17H15BrN2O3S/c1-11(24-13-5-3-2-4-6-13)17(21)20-19-9-12-7-15-16(8-14(12)18)23-10-22-15/h2-9,11H,10H2,1H3,(H,20,21)/b19-9+. The molecule has 0 fully saturated rings. The summed E-state index contributed by atoms with van der Waals surface area (Å²) in [6, 6.07) is 13.4. The Bertz CT molecular complexity index is 768. The van der Waals surface area contributed by atoms with Gasteiger partial charge in [-0.3, -0.25) is 4.79 Å². The molecule has 1 atom stereocenters. The van der Waals surface area contributed by atoms with Crippen molar-refractivity contribution in [3.8, 4) is 11.5 Å². The summed E-state index contributed by atoms with van der Waals surface area (Å²) in [4.78, 5) is 13.2. The molecule has 24 heavy (non-hydrogen) atoms. The third-order valence-corrected chi connectivity index (χ3v) is 5.09. The van der Waals surface area contributed by atoms with Crippen molar-refractivity contribution < 1.29 is 14.3 Å². The number of hydrazone groups is 1. The number of halogens is 1. The summed E-state index contributed by atoms with van der Waals surface area (Å²) < 4.78 is 11.4. The van der Waals surface area contributed by atoms with Crippen molar-refractivity contribution in [1.82, 2.24) is 5.43 Å². The number of nitrogens with zero attached hydrogens (tertiary/aromatic N) is 1. The van der Waals surface area contributed by atoms with Crippen LogP contribution in [0.4, 0.5) is 0 Å². The smallest absolute Gasteiger partial charge is 0.253 e. The highest BCUT2D eigenvalue weighted by atomic mass is 79.9. The zero-order valence-electron chi connectivity index (χ0n) is 12.9. The van der Waals surface area contributed by atoms with Gasteiger partial charge < -0.3 is 9.47 Å². The molecular weight excluding hydrogens is 392 g/mol. The van der Waals surface area contributed by atoms with E-state index >= 15 is 0 Å². The van der Waals surface area contributed by atoms with E-state index < -0.39 is 0 Å². The molecule has 0 aromatic heterocycles. The largest absolute Gasteiger partial charge is 0.454 e. The molecule has 1 amide bonds. The highest BCUT2D eigenvalue weighted by molar-refractivity contribution is 9.10. The molecule has 0 saturated carbocycles. The van der Waals surface area contributed by atoms with Crippen LogP contribution in [0.25, 0.3) is 0 Å². The number of thioether (sulfide) groups is 1. The van der Waals surface area contributed by atoms with Gasteiger partial charge in [-0.15, -0.1) is 11.8 Å². The van der Waals surface area contributed by atoms with Gasteiger partial charge in [0.05, 0.1) is 11.5 Å². The first-order valence-corrected chi connectivity index (χ1v) is 8.94. The van der Waals surface area contributed by atoms with Gasteiger partial charge in [-0.1, -0.05) is 18.2 Å². The molecule has 3 rings (SSSR count). The Morgan fingerprint density at radius 1 is 1.29 bits per heavy atom. The van der Waals surface area contributed by atoms with Crippen LogP contribution >= 0.6 is 27.7 Å². The molecule has 1 aliphatic rings. The van der Waals surface area contributed by atoms with Crippen molar-refractivity contribution in [1.29, 1.82) is 0 Å². The van der Waals surface area contributed by atoms with E-state index in [1.165, 1.54) is 11.8 Å². The predicted octanol–water partition coefficient (Wildman–Crippen LogP) is 3.81. The van der Waals surface area contributed by atoms with Crippen LogP contribution in [-0.2, 0) is 4.79 Å². The number of hydrogen-bond donors (Lipinski definition) is 1. The third kappa shape index (κ3) is 4.10. The van der Waals surface area contributed by atoms with Crippen LogP contribution in [0.3, 0.4) is 0 Å². The van der Waals surface area contributed by atoms with E-state index in [1.54, 1.807) is 6.21 Å². The predicted molar refractivity (Wildman–Crippen MR) is 97.8 cm³/mol. The van der Waals surface area contributed by atoms with Crippen LogP contribution in [0.5, 0.6) is 11.5 Å². The normalized spacial score (nSPS) is 13.9. The first-order chi connectivity index (χ1) is 11.6. The molecule has 2 aromatic rings. The van der Waals surface area contributed by atoms with Gasteiger partial charge in [-0.25, -0.2) is 5.43 Å². The lowest BCUT2D eigenvalue weighted by Gasteiger charge is -2.09. The van der Waals surface area contributed by atoms with Gasteiger partial charge >= 0.3 is 0 Å². The molecule has 0 bridgehead atoms. The number of ether oxygens (including phenoxy) is 2. The second kappa shape index (κ2) is 7.72. The number of rotatable bonds is 5. The van der Waals surface area contributed by atoms with Crippen LogP contribution in [-0.4, -0.2) is 24.2 Å². The minimum Gasteiger partial charge on any atom is -0.454 e. The summed E-state index contributed by atoms with van der Waals surface area (Å²) in [6.07, 6.45) is 1.57. The van der Waals surface area contributed by atoms with E-state index in [2.05, 4.69) is 26.5 Å². The maximum Gasteiger partial charge on any atom is 0.253 e.